The Morgan fingerprint density at radius 1 is 0.673 bits per heavy atom. The molecule has 4 amide bonds. The highest BCUT2D eigenvalue weighted by atomic mass is 19.4. The molecule has 14 nitrogen and oxygen atoms in total. The van der Waals surface area contributed by atoms with Gasteiger partial charge in [0.05, 0.1) is 35.0 Å². The lowest BCUT2D eigenvalue weighted by atomic mass is 9.57. The number of carbonyl (C=O) groups is 6. The monoisotopic (exact) mass is 722 g/mol. The Morgan fingerprint density at radius 2 is 1.21 bits per heavy atom. The van der Waals surface area contributed by atoms with Crippen molar-refractivity contribution in [1.82, 2.24) is 0 Å². The number of ether oxygens (including phenoxy) is 1. The van der Waals surface area contributed by atoms with Crippen molar-refractivity contribution in [3.63, 3.8) is 0 Å². The molecule has 6 atom stereocenters. The van der Waals surface area contributed by atoms with Crippen LogP contribution < -0.4 is 14.5 Å². The van der Waals surface area contributed by atoms with Crippen molar-refractivity contribution in [3.8, 4) is 23.0 Å². The molecule has 2 aliphatic carbocycles. The summed E-state index contributed by atoms with van der Waals surface area (Å²) in [5.41, 5.74) is -1.28. The van der Waals surface area contributed by atoms with Crippen LogP contribution in [0.5, 0.6) is 23.0 Å². The van der Waals surface area contributed by atoms with Gasteiger partial charge in [0, 0.05) is 23.6 Å². The lowest BCUT2D eigenvalue weighted by Crippen LogP contribution is -2.43. The van der Waals surface area contributed by atoms with Crippen molar-refractivity contribution in [3.05, 3.63) is 82.9 Å². The Morgan fingerprint density at radius 3 is 1.73 bits per heavy atom. The predicted molar refractivity (Wildman–Crippen MR) is 167 cm³/mol. The van der Waals surface area contributed by atoms with Crippen LogP contribution >= 0.6 is 0 Å². The summed E-state index contributed by atoms with van der Waals surface area (Å²) >= 11 is 0. The minimum absolute atomic E-state index is 0.0967. The van der Waals surface area contributed by atoms with Gasteiger partial charge < -0.3 is 30.3 Å². The topological polar surface area (TPSA) is 219 Å². The average Bonchev–Trinajstić information content (AvgIpc) is 3.47. The number of carboxylic acid groups (broad SMARTS) is 2. The molecule has 268 valence electrons. The molecule has 0 radical (unpaired) electrons. The van der Waals surface area contributed by atoms with Gasteiger partial charge in [-0.15, -0.1) is 13.2 Å². The minimum atomic E-state index is -5.14. The number of carbonyl (C=O) groups excluding carboxylic acids is 4. The van der Waals surface area contributed by atoms with E-state index in [1.165, 1.54) is 0 Å². The average molecular weight is 723 g/mol. The molecule has 3 aromatic carbocycles. The lowest BCUT2D eigenvalue weighted by Gasteiger charge is -2.44. The molecule has 0 bridgehead atoms. The highest BCUT2D eigenvalue weighted by molar-refractivity contribution is 6.24. The summed E-state index contributed by atoms with van der Waals surface area (Å²) in [4.78, 5) is 80.7. The van der Waals surface area contributed by atoms with Gasteiger partial charge >= 0.3 is 18.3 Å². The second-order valence-electron chi connectivity index (χ2n) is 12.8. The molecular weight excluding hydrogens is 697 g/mol. The quantitative estimate of drug-likeness (QED) is 0.179. The largest absolute Gasteiger partial charge is 0.573 e. The zero-order chi connectivity index (χ0) is 37.5. The van der Waals surface area contributed by atoms with Gasteiger partial charge in [-0.25, -0.2) is 19.4 Å². The number of aromatic carboxylic acids is 2. The summed E-state index contributed by atoms with van der Waals surface area (Å²) in [5.74, 6) is -16.1. The number of aromatic hydroxyl groups is 3. The maximum atomic E-state index is 14.2. The van der Waals surface area contributed by atoms with Gasteiger partial charge in [0.2, 0.25) is 23.6 Å². The fraction of sp³-hybridized carbons (Fsp3) is 0.257. The SMILES string of the molecule is O=C(O)c1ccc(N2C(=O)C3CC=C4C(CC5C(=O)N(c6ccc(C(=O)O)c(O)c6)C(=O)C5C4c4cc(OC(F)(F)F)ccc4O)C3C2=O)cc1O. The number of rotatable bonds is 6. The fourth-order valence-electron chi connectivity index (χ4n) is 8.10. The number of imide groups is 2. The smallest absolute Gasteiger partial charge is 0.508 e. The van der Waals surface area contributed by atoms with Gasteiger partial charge in [0.25, 0.3) is 0 Å². The van der Waals surface area contributed by atoms with Crippen LogP contribution in [0.25, 0.3) is 0 Å². The number of nitrogens with zero attached hydrogens (tertiary/aromatic N) is 2. The molecule has 1 saturated carbocycles. The van der Waals surface area contributed by atoms with E-state index in [1.807, 2.05) is 0 Å². The Balaban J connectivity index is 1.34. The number of benzene rings is 3. The third-order valence-electron chi connectivity index (χ3n) is 10.2. The van der Waals surface area contributed by atoms with Crippen LogP contribution in [0, 0.1) is 29.6 Å². The molecule has 6 unspecified atom stereocenters. The maximum absolute atomic E-state index is 14.2. The van der Waals surface area contributed by atoms with E-state index in [-0.39, 0.29) is 29.8 Å². The summed E-state index contributed by atoms with van der Waals surface area (Å²) in [5, 5.41) is 50.3. The van der Waals surface area contributed by atoms with Crippen LogP contribution in [-0.4, -0.2) is 67.5 Å². The summed E-state index contributed by atoms with van der Waals surface area (Å²) < 4.78 is 43.9. The number of anilines is 2. The van der Waals surface area contributed by atoms with Crippen LogP contribution in [0.15, 0.2) is 66.2 Å². The number of amides is 4. The first kappa shape index (κ1) is 34.1. The predicted octanol–water partition coefficient (Wildman–Crippen LogP) is 4.14. The van der Waals surface area contributed by atoms with E-state index in [0.717, 1.165) is 59.5 Å². The number of halogens is 3. The van der Waals surface area contributed by atoms with Crippen molar-refractivity contribution in [1.29, 1.82) is 0 Å². The summed E-state index contributed by atoms with van der Waals surface area (Å²) in [6, 6.07) is 8.73. The van der Waals surface area contributed by atoms with Gasteiger partial charge in [0.15, 0.2) is 0 Å². The van der Waals surface area contributed by atoms with Crippen molar-refractivity contribution in [2.24, 2.45) is 29.6 Å². The second-order valence-corrected chi connectivity index (χ2v) is 12.8. The first-order valence-electron chi connectivity index (χ1n) is 15.6. The number of alkyl halides is 3. The van der Waals surface area contributed by atoms with Crippen molar-refractivity contribution >= 4 is 46.9 Å². The zero-order valence-electron chi connectivity index (χ0n) is 26.3. The van der Waals surface area contributed by atoms with Gasteiger partial charge in [-0.05, 0) is 61.2 Å². The van der Waals surface area contributed by atoms with Crippen molar-refractivity contribution in [2.45, 2.75) is 25.1 Å². The normalized spacial score (nSPS) is 25.4. The molecule has 7 rings (SSSR count). The Kier molecular flexibility index (Phi) is 7.77. The van der Waals surface area contributed by atoms with Gasteiger partial charge in [-0.1, -0.05) is 11.6 Å². The third-order valence-corrected chi connectivity index (χ3v) is 10.2. The molecule has 3 fully saturated rings. The number of allylic oxidation sites excluding steroid dienone is 2. The molecule has 4 aliphatic rings. The van der Waals surface area contributed by atoms with E-state index in [0.29, 0.717) is 10.5 Å². The van der Waals surface area contributed by atoms with Gasteiger partial charge in [-0.2, -0.15) is 0 Å². The lowest BCUT2D eigenvalue weighted by molar-refractivity contribution is -0.274. The highest BCUT2D eigenvalue weighted by Crippen LogP contribution is 2.59. The van der Waals surface area contributed by atoms with Crippen molar-refractivity contribution < 1.29 is 72.2 Å². The van der Waals surface area contributed by atoms with E-state index < -0.39 is 112 Å². The number of carboxylic acids is 2. The first-order chi connectivity index (χ1) is 24.5. The molecule has 52 heavy (non-hydrogen) atoms. The van der Waals surface area contributed by atoms with E-state index >= 15 is 0 Å². The molecule has 17 heteroatoms. The number of fused-ring (bicyclic) bond motifs is 4. The molecule has 2 heterocycles. The number of hydrogen-bond acceptors (Lipinski definition) is 10. The molecular formula is C35H25F3N2O12. The molecule has 2 aliphatic heterocycles. The van der Waals surface area contributed by atoms with Crippen LogP contribution in [0.3, 0.4) is 0 Å². The summed E-state index contributed by atoms with van der Waals surface area (Å²) in [6.45, 7) is 0. The number of phenolic OH excluding ortho intramolecular Hbond substituents is 1. The Labute approximate surface area is 289 Å². The van der Waals surface area contributed by atoms with Crippen LogP contribution in [0.2, 0.25) is 0 Å². The van der Waals surface area contributed by atoms with E-state index in [4.69, 9.17) is 0 Å². The van der Waals surface area contributed by atoms with Gasteiger partial charge in [-0.3, -0.25) is 19.2 Å². The second kappa shape index (κ2) is 11.9. The maximum Gasteiger partial charge on any atom is 0.573 e. The van der Waals surface area contributed by atoms with E-state index in [9.17, 15) is 67.5 Å². The zero-order valence-corrected chi connectivity index (χ0v) is 26.3. The van der Waals surface area contributed by atoms with Gasteiger partial charge in [0.1, 0.15) is 34.1 Å². The number of hydrogen-bond donors (Lipinski definition) is 5. The molecule has 2 saturated heterocycles. The minimum Gasteiger partial charge on any atom is -0.508 e. The van der Waals surface area contributed by atoms with Crippen LogP contribution in [-0.2, 0) is 19.2 Å². The third kappa shape index (κ3) is 5.27. The first-order valence-corrected chi connectivity index (χ1v) is 15.6. The van der Waals surface area contributed by atoms with Crippen LogP contribution in [0.4, 0.5) is 24.5 Å². The van der Waals surface area contributed by atoms with E-state index in [1.54, 1.807) is 6.08 Å². The summed E-state index contributed by atoms with van der Waals surface area (Å²) in [7, 11) is 0. The Hall–Kier alpha value is -6.39. The van der Waals surface area contributed by atoms with Crippen molar-refractivity contribution in [2.75, 3.05) is 9.80 Å². The Bertz CT molecular complexity index is 2160. The fourth-order valence-corrected chi connectivity index (χ4v) is 8.10. The van der Waals surface area contributed by atoms with Crippen LogP contribution in [0.1, 0.15) is 45.0 Å². The molecule has 0 spiro atoms. The highest BCUT2D eigenvalue weighted by Gasteiger charge is 2.62. The number of phenols is 3. The molecule has 0 aromatic heterocycles. The standard InChI is InChI=1S/C35H25F3N2O12/c36-35(37,38)52-15-3-8-23(41)21(11-15)26-16-6-7-19-27(31(46)39(29(19)44)13-1-4-17(33(48)49)24(42)9-13)20(16)12-22-28(26)32(47)40(30(22)45)14-2-5-18(34(50)51)25(43)10-14/h1-6,8-11,19-20,22,26-28,41-43H,7,12H2,(H,48,49)(H,50,51). The molecule has 5 N–H and O–H groups in total. The van der Waals surface area contributed by atoms with E-state index in [2.05, 4.69) is 4.74 Å². The molecule has 3 aromatic rings. The summed E-state index contributed by atoms with van der Waals surface area (Å²) in [6.07, 6.45) is -3.89.